The van der Waals surface area contributed by atoms with Crippen LogP contribution in [0.5, 0.6) is 0 Å². The molecule has 544 valence electrons. The Hall–Kier alpha value is -3.86. The van der Waals surface area contributed by atoms with Crippen molar-refractivity contribution in [2.75, 3.05) is 79.8 Å². The van der Waals surface area contributed by atoms with Crippen LogP contribution in [-0.4, -0.2) is 159 Å². The number of likely N-dealkylation sites (N-methyl/N-ethyl adjacent to an activating group) is 2. The number of ether oxygens (including phenoxy) is 6. The van der Waals surface area contributed by atoms with E-state index in [0.717, 1.165) is 206 Å². The lowest BCUT2D eigenvalue weighted by Crippen LogP contribution is -2.51. The molecule has 0 aliphatic heterocycles. The van der Waals surface area contributed by atoms with Gasteiger partial charge in [-0.1, -0.05) is 213 Å². The van der Waals surface area contributed by atoms with Gasteiger partial charge in [-0.25, -0.2) is 9.59 Å². The second-order valence-electron chi connectivity index (χ2n) is 27.4. The Kier molecular flexibility index (Phi) is 60.3. The molecule has 2 N–H and O–H groups in total. The highest BCUT2D eigenvalue weighted by atomic mass is 16.6. The molecule has 0 fully saturated rings. The molecule has 0 aromatic carbocycles. The third kappa shape index (κ3) is 57.0. The van der Waals surface area contributed by atoms with Gasteiger partial charge < -0.3 is 47.6 Å². The summed E-state index contributed by atoms with van der Waals surface area (Å²) in [7, 11) is 4.07. The number of carbonyl (C=O) groups is 6. The molecule has 0 bridgehead atoms. The summed E-state index contributed by atoms with van der Waals surface area (Å²) in [6.07, 6.45) is 49.1. The molecule has 0 saturated heterocycles. The molecule has 0 aliphatic carbocycles. The molecule has 0 rings (SSSR count). The van der Waals surface area contributed by atoms with Crippen LogP contribution in [0.4, 0.5) is 0 Å². The highest BCUT2D eigenvalue weighted by Crippen LogP contribution is 2.21. The largest absolute Gasteiger partial charge is 0.466 e. The number of allylic oxidation sites excluding steroid dienone is 2. The van der Waals surface area contributed by atoms with Gasteiger partial charge in [0.2, 0.25) is 0 Å². The van der Waals surface area contributed by atoms with Gasteiger partial charge in [0.05, 0.1) is 52.6 Å². The first-order valence-electron chi connectivity index (χ1n) is 38.3. The standard InChI is InChI=1S/C77H144N2O14/c1-9-14-18-20-38-48-58-78(7,60-64-88-68(6)80)66-76(86)92-71(54-42-16-11-3)69(81)52-44-34-28-22-24-30-36-46-56-74(84)89-62-50-40-32-26-27-33-41-51-63-90-75(85)57-47-37-31-25-23-29-35-45-53-70(82)72(55-43-17-12-4)93-77(87)67-79(8,61-65-91-73(83)13-5)59-49-39-21-19-15-10-2/h34-35,44-45,69-72,81-82H,9-33,36-43,46-67H2,1-8H3/q+2/b44-34-,45-35-. The van der Waals surface area contributed by atoms with Crippen molar-refractivity contribution in [3.05, 3.63) is 24.3 Å². The van der Waals surface area contributed by atoms with E-state index in [0.29, 0.717) is 80.2 Å². The number of hydrogen-bond donors (Lipinski definition) is 2. The zero-order valence-electron chi connectivity index (χ0n) is 61.2. The van der Waals surface area contributed by atoms with Crippen LogP contribution < -0.4 is 0 Å². The van der Waals surface area contributed by atoms with Gasteiger partial charge in [-0.05, 0) is 116 Å². The van der Waals surface area contributed by atoms with Crippen LogP contribution >= 0.6 is 0 Å². The smallest absolute Gasteiger partial charge is 0.362 e. The molecule has 16 heteroatoms. The molecule has 6 unspecified atom stereocenters. The Labute approximate surface area is 568 Å². The summed E-state index contributed by atoms with van der Waals surface area (Å²) in [4.78, 5) is 74.7. The topological polar surface area (TPSA) is 198 Å². The van der Waals surface area contributed by atoms with E-state index in [-0.39, 0.29) is 62.1 Å². The Morgan fingerprint density at radius 1 is 0.344 bits per heavy atom. The van der Waals surface area contributed by atoms with Gasteiger partial charge in [-0.2, -0.15) is 0 Å². The number of carbonyl (C=O) groups excluding carboxylic acids is 6. The molecular formula is C77H144N2O14+2. The number of nitrogens with zero attached hydrogens (tertiary/aromatic N) is 2. The normalized spacial score (nSPS) is 14.3. The van der Waals surface area contributed by atoms with Crippen molar-refractivity contribution in [3.63, 3.8) is 0 Å². The number of hydrogen-bond acceptors (Lipinski definition) is 14. The van der Waals surface area contributed by atoms with E-state index in [1.54, 1.807) is 6.92 Å². The van der Waals surface area contributed by atoms with Crippen LogP contribution in [0.1, 0.15) is 330 Å². The summed E-state index contributed by atoms with van der Waals surface area (Å²) in [5, 5.41) is 22.3. The van der Waals surface area contributed by atoms with Crippen LogP contribution in [0.2, 0.25) is 0 Å². The molecule has 0 aliphatic rings. The molecule has 0 saturated carbocycles. The Bertz CT molecular complexity index is 1880. The molecular weight excluding hydrogens is 1180 g/mol. The van der Waals surface area contributed by atoms with Crippen LogP contribution in [0, 0.1) is 0 Å². The van der Waals surface area contributed by atoms with Gasteiger partial charge in [-0.3, -0.25) is 19.2 Å². The van der Waals surface area contributed by atoms with E-state index in [1.165, 1.54) is 58.3 Å². The number of esters is 6. The molecule has 6 atom stereocenters. The monoisotopic (exact) mass is 1320 g/mol. The third-order valence-corrected chi connectivity index (χ3v) is 18.0. The van der Waals surface area contributed by atoms with Crippen molar-refractivity contribution in [1.29, 1.82) is 0 Å². The first kappa shape index (κ1) is 89.1. The van der Waals surface area contributed by atoms with Gasteiger partial charge in [0.25, 0.3) is 0 Å². The maximum atomic E-state index is 13.4. The SMILES string of the molecule is CCCCCCCC[N+](C)(CCOC(C)=O)CC(=O)OC(CCCCC)C(O)C/C=C\CCCCCCCC(=O)OCCCCCCCCCCOC(=O)CCCCCCC/C=C\CC(O)C(CCCCC)OC(=O)C[N+](C)(CCCCCCCC)CCOC(=O)CC. The van der Waals surface area contributed by atoms with E-state index < -0.39 is 24.4 Å². The van der Waals surface area contributed by atoms with E-state index in [2.05, 4.69) is 39.8 Å². The highest BCUT2D eigenvalue weighted by Gasteiger charge is 2.32. The average Bonchev–Trinajstić information content (AvgIpc) is 1.85. The number of aliphatic hydroxyl groups is 2. The third-order valence-electron chi connectivity index (χ3n) is 18.0. The fraction of sp³-hybridized carbons (Fsp3) is 0.870. The van der Waals surface area contributed by atoms with Crippen LogP contribution in [0.25, 0.3) is 0 Å². The Morgan fingerprint density at radius 2 is 0.667 bits per heavy atom. The molecule has 0 radical (unpaired) electrons. The number of unbranched alkanes of at least 4 members (excludes halogenated alkanes) is 31. The first-order valence-corrected chi connectivity index (χ1v) is 38.3. The van der Waals surface area contributed by atoms with E-state index in [9.17, 15) is 39.0 Å². The molecule has 93 heavy (non-hydrogen) atoms. The molecule has 0 spiro atoms. The van der Waals surface area contributed by atoms with Crippen molar-refractivity contribution in [1.82, 2.24) is 0 Å². The van der Waals surface area contributed by atoms with Crippen molar-refractivity contribution in [3.8, 4) is 0 Å². The van der Waals surface area contributed by atoms with Crippen molar-refractivity contribution < 1.29 is 76.4 Å². The van der Waals surface area contributed by atoms with Crippen LogP contribution in [0.3, 0.4) is 0 Å². The van der Waals surface area contributed by atoms with Gasteiger partial charge in [0.15, 0.2) is 13.1 Å². The summed E-state index contributed by atoms with van der Waals surface area (Å²) in [6, 6.07) is 0. The van der Waals surface area contributed by atoms with E-state index in [4.69, 9.17) is 28.4 Å². The second kappa shape index (κ2) is 62.9. The summed E-state index contributed by atoms with van der Waals surface area (Å²) in [5.41, 5.74) is 0. The number of rotatable bonds is 68. The predicted octanol–water partition coefficient (Wildman–Crippen LogP) is 17.4. The zero-order valence-corrected chi connectivity index (χ0v) is 61.2. The van der Waals surface area contributed by atoms with Gasteiger partial charge in [0.1, 0.15) is 38.5 Å². The van der Waals surface area contributed by atoms with Gasteiger partial charge >= 0.3 is 35.8 Å². The van der Waals surface area contributed by atoms with Crippen molar-refractivity contribution >= 4 is 35.8 Å². The van der Waals surface area contributed by atoms with Crippen molar-refractivity contribution in [2.24, 2.45) is 0 Å². The number of quaternary nitrogens is 2. The lowest BCUT2D eigenvalue weighted by atomic mass is 10.0. The Balaban J connectivity index is 4.19. The van der Waals surface area contributed by atoms with E-state index in [1.807, 2.05) is 26.2 Å². The van der Waals surface area contributed by atoms with Crippen molar-refractivity contribution in [2.45, 2.75) is 355 Å². The summed E-state index contributed by atoms with van der Waals surface area (Å²) < 4.78 is 34.6. The average molecular weight is 1320 g/mol. The fourth-order valence-electron chi connectivity index (χ4n) is 11.8. The predicted molar refractivity (Wildman–Crippen MR) is 377 cm³/mol. The first-order chi connectivity index (χ1) is 45.0. The molecule has 0 amide bonds. The molecule has 16 nitrogen and oxygen atoms in total. The summed E-state index contributed by atoms with van der Waals surface area (Å²) >= 11 is 0. The minimum atomic E-state index is -0.770. The summed E-state index contributed by atoms with van der Waals surface area (Å²) in [6.45, 7) is 16.4. The molecule has 0 aromatic heterocycles. The highest BCUT2D eigenvalue weighted by molar-refractivity contribution is 5.71. The fourth-order valence-corrected chi connectivity index (χ4v) is 11.8. The minimum Gasteiger partial charge on any atom is -0.466 e. The molecule has 0 heterocycles. The van der Waals surface area contributed by atoms with E-state index >= 15 is 0 Å². The maximum absolute atomic E-state index is 13.4. The lowest BCUT2D eigenvalue weighted by molar-refractivity contribution is -0.903. The quantitative estimate of drug-likeness (QED) is 0.0192. The number of aliphatic hydroxyl groups excluding tert-OH is 2. The van der Waals surface area contributed by atoms with Crippen LogP contribution in [-0.2, 0) is 57.2 Å². The van der Waals surface area contributed by atoms with Crippen LogP contribution in [0.15, 0.2) is 24.3 Å². The molecule has 0 aromatic rings. The lowest BCUT2D eigenvalue weighted by Gasteiger charge is -2.34. The summed E-state index contributed by atoms with van der Waals surface area (Å²) in [5.74, 6) is -1.39. The van der Waals surface area contributed by atoms with Gasteiger partial charge in [-0.15, -0.1) is 0 Å². The van der Waals surface area contributed by atoms with Gasteiger partial charge in [0, 0.05) is 26.2 Å². The Morgan fingerprint density at radius 3 is 1.04 bits per heavy atom. The zero-order chi connectivity index (χ0) is 68.7. The second-order valence-corrected chi connectivity index (χ2v) is 27.4. The minimum absolute atomic E-state index is 0.104. The maximum Gasteiger partial charge on any atom is 0.362 e.